The van der Waals surface area contributed by atoms with Crippen LogP contribution in [0, 0.1) is 29.6 Å². The Morgan fingerprint density at radius 1 is 0.783 bits per heavy atom. The second kappa shape index (κ2) is 10.1. The van der Waals surface area contributed by atoms with Crippen molar-refractivity contribution < 1.29 is 5.11 Å². The predicted octanol–water partition coefficient (Wildman–Crippen LogP) is 6.83. The summed E-state index contributed by atoms with van der Waals surface area (Å²) in [4.78, 5) is 0. The summed E-state index contributed by atoms with van der Waals surface area (Å²) in [6, 6.07) is 0. The number of hydrogen-bond donors (Lipinski definition) is 1. The average molecular weight is 325 g/mol. The van der Waals surface area contributed by atoms with Gasteiger partial charge in [-0.3, -0.25) is 0 Å². The topological polar surface area (TPSA) is 20.2 Å². The molecule has 3 aliphatic rings. The summed E-state index contributed by atoms with van der Waals surface area (Å²) in [6.45, 7) is 13.5. The third kappa shape index (κ3) is 14.0. The van der Waals surface area contributed by atoms with Gasteiger partial charge in [0, 0.05) is 0 Å². The Hall–Kier alpha value is -0.0400. The van der Waals surface area contributed by atoms with E-state index in [-0.39, 0.29) is 5.60 Å². The summed E-state index contributed by atoms with van der Waals surface area (Å²) in [5.74, 6) is 4.78. The van der Waals surface area contributed by atoms with Crippen molar-refractivity contribution in [3.63, 3.8) is 0 Å². The van der Waals surface area contributed by atoms with E-state index < -0.39 is 0 Å². The van der Waals surface area contributed by atoms with E-state index in [1.54, 1.807) is 0 Å². The third-order valence-electron chi connectivity index (χ3n) is 4.97. The molecule has 3 rings (SSSR count). The summed E-state index contributed by atoms with van der Waals surface area (Å²) in [5.41, 5.74) is -0.228. The Bertz CT molecular complexity index is 291. The van der Waals surface area contributed by atoms with Gasteiger partial charge in [0.25, 0.3) is 0 Å². The lowest BCUT2D eigenvalue weighted by Crippen LogP contribution is -2.09. The minimum atomic E-state index is -0.228. The maximum absolute atomic E-state index is 9.30. The van der Waals surface area contributed by atoms with Crippen LogP contribution in [0.4, 0.5) is 0 Å². The summed E-state index contributed by atoms with van der Waals surface area (Å²) < 4.78 is 0. The van der Waals surface area contributed by atoms with E-state index in [2.05, 4.69) is 41.5 Å². The SMILES string of the molecule is CC(C)CC1(O)CC1.CC(C)CC1CC1.CC(C)CCC1CC1. The van der Waals surface area contributed by atoms with Crippen LogP contribution in [-0.2, 0) is 0 Å². The van der Waals surface area contributed by atoms with E-state index >= 15 is 0 Å². The van der Waals surface area contributed by atoms with Crippen LogP contribution in [0.2, 0.25) is 0 Å². The molecule has 3 aliphatic carbocycles. The molecule has 0 aromatic heterocycles. The lowest BCUT2D eigenvalue weighted by Gasteiger charge is -2.08. The van der Waals surface area contributed by atoms with Crippen molar-refractivity contribution in [1.29, 1.82) is 0 Å². The zero-order chi connectivity index (χ0) is 17.5. The molecule has 0 amide bonds. The molecule has 0 spiro atoms. The normalized spacial score (nSPS) is 21.7. The fourth-order valence-electron chi connectivity index (χ4n) is 3.10. The summed E-state index contributed by atoms with van der Waals surface area (Å²) in [5, 5.41) is 9.30. The quantitative estimate of drug-likeness (QED) is 0.544. The highest BCUT2D eigenvalue weighted by atomic mass is 16.3. The minimum Gasteiger partial charge on any atom is -0.390 e. The Labute approximate surface area is 146 Å². The Morgan fingerprint density at radius 3 is 1.52 bits per heavy atom. The zero-order valence-corrected chi connectivity index (χ0v) is 16.9. The van der Waals surface area contributed by atoms with Crippen molar-refractivity contribution in [2.75, 3.05) is 0 Å². The standard InChI is InChI=1S/C8H16.C7H14O.C7H14/c1-7(2)3-4-8-5-6-8;1-6(2)5-7(8)3-4-7;1-6(2)5-7-3-4-7/h7-8H,3-6H2,1-2H3;6,8H,3-5H2,1-2H3;6-7H,3-5H2,1-2H3. The van der Waals surface area contributed by atoms with E-state index in [9.17, 15) is 5.11 Å². The first-order chi connectivity index (χ1) is 10.7. The molecule has 23 heavy (non-hydrogen) atoms. The van der Waals surface area contributed by atoms with Crippen molar-refractivity contribution in [3.8, 4) is 0 Å². The molecule has 138 valence electrons. The van der Waals surface area contributed by atoms with Gasteiger partial charge in [-0.1, -0.05) is 80.1 Å². The summed E-state index contributed by atoms with van der Waals surface area (Å²) >= 11 is 0. The second-order valence-corrected chi connectivity index (χ2v) is 9.81. The number of rotatable bonds is 7. The largest absolute Gasteiger partial charge is 0.390 e. The van der Waals surface area contributed by atoms with Crippen LogP contribution in [0.25, 0.3) is 0 Å². The first-order valence-corrected chi connectivity index (χ1v) is 10.4. The molecular formula is C22H44O. The van der Waals surface area contributed by atoms with Gasteiger partial charge in [-0.05, 0) is 55.3 Å². The smallest absolute Gasteiger partial charge is 0.0652 e. The summed E-state index contributed by atoms with van der Waals surface area (Å²) in [6.07, 6.45) is 13.5. The van der Waals surface area contributed by atoms with Crippen molar-refractivity contribution in [3.05, 3.63) is 0 Å². The van der Waals surface area contributed by atoms with Crippen LogP contribution < -0.4 is 0 Å². The maximum atomic E-state index is 9.30. The van der Waals surface area contributed by atoms with Gasteiger partial charge in [0.2, 0.25) is 0 Å². The van der Waals surface area contributed by atoms with Gasteiger partial charge < -0.3 is 5.11 Å². The molecule has 1 N–H and O–H groups in total. The van der Waals surface area contributed by atoms with Gasteiger partial charge in [-0.15, -0.1) is 0 Å². The van der Waals surface area contributed by atoms with Gasteiger partial charge in [-0.25, -0.2) is 0 Å². The Balaban J connectivity index is 0.000000173. The highest BCUT2D eigenvalue weighted by Crippen LogP contribution is 2.40. The van der Waals surface area contributed by atoms with Gasteiger partial charge in [0.05, 0.1) is 5.60 Å². The molecule has 1 nitrogen and oxygen atoms in total. The van der Waals surface area contributed by atoms with Crippen LogP contribution in [0.5, 0.6) is 0 Å². The molecule has 0 unspecified atom stereocenters. The van der Waals surface area contributed by atoms with Crippen molar-refractivity contribution in [1.82, 2.24) is 0 Å². The van der Waals surface area contributed by atoms with Crippen LogP contribution >= 0.6 is 0 Å². The molecule has 0 aromatic rings. The van der Waals surface area contributed by atoms with E-state index in [1.807, 2.05) is 0 Å². The molecule has 0 aromatic carbocycles. The van der Waals surface area contributed by atoms with Gasteiger partial charge in [0.15, 0.2) is 0 Å². The van der Waals surface area contributed by atoms with Crippen molar-refractivity contribution in [2.24, 2.45) is 29.6 Å². The number of aliphatic hydroxyl groups is 1. The van der Waals surface area contributed by atoms with Crippen molar-refractivity contribution in [2.45, 2.75) is 111 Å². The lowest BCUT2D eigenvalue weighted by atomic mass is 10.1. The van der Waals surface area contributed by atoms with Crippen LogP contribution in [0.3, 0.4) is 0 Å². The predicted molar refractivity (Wildman–Crippen MR) is 103 cm³/mol. The van der Waals surface area contributed by atoms with E-state index in [0.29, 0.717) is 5.92 Å². The van der Waals surface area contributed by atoms with Crippen LogP contribution in [0.1, 0.15) is 106 Å². The molecule has 0 aliphatic heterocycles. The highest BCUT2D eigenvalue weighted by Gasteiger charge is 2.40. The minimum absolute atomic E-state index is 0.228. The first kappa shape index (κ1) is 21.0. The Morgan fingerprint density at radius 2 is 1.30 bits per heavy atom. The molecular weight excluding hydrogens is 280 g/mol. The maximum Gasteiger partial charge on any atom is 0.0652 e. The highest BCUT2D eigenvalue weighted by molar-refractivity contribution is 4.93. The van der Waals surface area contributed by atoms with Crippen LogP contribution in [-0.4, -0.2) is 10.7 Å². The molecule has 0 heterocycles. The van der Waals surface area contributed by atoms with Gasteiger partial charge in [0.1, 0.15) is 0 Å². The first-order valence-electron chi connectivity index (χ1n) is 10.4. The van der Waals surface area contributed by atoms with E-state index in [0.717, 1.165) is 42.9 Å². The third-order valence-corrected chi connectivity index (χ3v) is 4.97. The fraction of sp³-hybridized carbons (Fsp3) is 1.00. The van der Waals surface area contributed by atoms with E-state index in [1.165, 1.54) is 44.9 Å². The fourth-order valence-corrected chi connectivity index (χ4v) is 3.10. The number of hydrogen-bond acceptors (Lipinski definition) is 1. The van der Waals surface area contributed by atoms with E-state index in [4.69, 9.17) is 0 Å². The van der Waals surface area contributed by atoms with Gasteiger partial charge >= 0.3 is 0 Å². The molecule has 3 fully saturated rings. The molecule has 3 saturated carbocycles. The lowest BCUT2D eigenvalue weighted by molar-refractivity contribution is 0.124. The molecule has 0 saturated heterocycles. The van der Waals surface area contributed by atoms with Crippen LogP contribution in [0.15, 0.2) is 0 Å². The Kier molecular flexibility index (Phi) is 9.19. The molecule has 1 heteroatoms. The second-order valence-electron chi connectivity index (χ2n) is 9.81. The average Bonchev–Trinajstić information content (AvgIpc) is 3.24. The molecule has 0 atom stereocenters. The monoisotopic (exact) mass is 324 g/mol. The van der Waals surface area contributed by atoms with Gasteiger partial charge in [-0.2, -0.15) is 0 Å². The molecule has 0 bridgehead atoms. The molecule has 0 radical (unpaired) electrons. The summed E-state index contributed by atoms with van der Waals surface area (Å²) in [7, 11) is 0. The van der Waals surface area contributed by atoms with Crippen molar-refractivity contribution >= 4 is 0 Å². The zero-order valence-electron chi connectivity index (χ0n) is 16.9.